The number of nitrogens with one attached hydrogen (secondary N) is 1. The first-order chi connectivity index (χ1) is 9.47. The molecular formula is C12H7F2N3O3. The number of hydrogen-bond donors (Lipinski definition) is 1. The van der Waals surface area contributed by atoms with Crippen molar-refractivity contribution < 1.29 is 23.2 Å². The molecule has 0 bridgehead atoms. The van der Waals surface area contributed by atoms with E-state index in [1.807, 2.05) is 0 Å². The first-order valence-corrected chi connectivity index (χ1v) is 5.45. The van der Waals surface area contributed by atoms with Crippen LogP contribution in [-0.2, 0) is 9.59 Å². The van der Waals surface area contributed by atoms with Crippen LogP contribution < -0.4 is 10.2 Å². The van der Waals surface area contributed by atoms with Crippen LogP contribution in [0.1, 0.15) is 10.4 Å². The number of nitriles is 1. The van der Waals surface area contributed by atoms with Gasteiger partial charge in [0.1, 0.15) is 24.7 Å². The predicted molar refractivity (Wildman–Crippen MR) is 61.7 cm³/mol. The van der Waals surface area contributed by atoms with Gasteiger partial charge in [0.15, 0.2) is 0 Å². The number of nitrogens with zero attached hydrogens (tertiary/aromatic N) is 2. The fourth-order valence-electron chi connectivity index (χ4n) is 1.84. The summed E-state index contributed by atoms with van der Waals surface area (Å²) < 4.78 is 27.2. The van der Waals surface area contributed by atoms with Gasteiger partial charge in [-0.1, -0.05) is 0 Å². The lowest BCUT2D eigenvalue weighted by molar-refractivity contribution is -0.121. The second-order valence-corrected chi connectivity index (χ2v) is 3.91. The molecule has 1 aromatic rings. The fraction of sp³-hybridized carbons (Fsp3) is 0.167. The molecule has 1 aromatic carbocycles. The van der Waals surface area contributed by atoms with E-state index in [2.05, 4.69) is 5.32 Å². The highest BCUT2D eigenvalue weighted by molar-refractivity contribution is 6.52. The summed E-state index contributed by atoms with van der Waals surface area (Å²) in [5.41, 5.74) is -1.23. The van der Waals surface area contributed by atoms with Gasteiger partial charge in [-0.05, 0) is 12.1 Å². The van der Waals surface area contributed by atoms with Crippen molar-refractivity contribution in [2.75, 3.05) is 18.0 Å². The summed E-state index contributed by atoms with van der Waals surface area (Å²) in [6.45, 7) is -0.965. The first-order valence-electron chi connectivity index (χ1n) is 5.45. The lowest BCUT2D eigenvalue weighted by Gasteiger charge is -2.16. The van der Waals surface area contributed by atoms with Crippen LogP contribution in [0.25, 0.3) is 0 Å². The minimum atomic E-state index is -1.20. The minimum absolute atomic E-state index is 0.298. The number of halogens is 2. The lowest BCUT2D eigenvalue weighted by Crippen LogP contribution is -2.40. The van der Waals surface area contributed by atoms with Gasteiger partial charge in [-0.15, -0.1) is 0 Å². The van der Waals surface area contributed by atoms with Gasteiger partial charge in [-0.2, -0.15) is 5.26 Å². The van der Waals surface area contributed by atoms with Crippen molar-refractivity contribution in [3.8, 4) is 6.07 Å². The molecule has 6 nitrogen and oxygen atoms in total. The molecule has 0 saturated heterocycles. The zero-order valence-corrected chi connectivity index (χ0v) is 9.94. The minimum Gasteiger partial charge on any atom is -0.341 e. The molecule has 2 rings (SSSR count). The maximum absolute atomic E-state index is 13.7. The topological polar surface area (TPSA) is 90.3 Å². The molecule has 102 valence electrons. The third-order valence-corrected chi connectivity index (χ3v) is 2.68. The zero-order valence-electron chi connectivity index (χ0n) is 9.94. The molecule has 1 N–H and O–H groups in total. The summed E-state index contributed by atoms with van der Waals surface area (Å²) in [5.74, 6) is -5.15. The third-order valence-electron chi connectivity index (χ3n) is 2.68. The Kier molecular flexibility index (Phi) is 3.43. The maximum Gasteiger partial charge on any atom is 0.300 e. The van der Waals surface area contributed by atoms with Crippen molar-refractivity contribution in [2.24, 2.45) is 0 Å². The average Bonchev–Trinajstić information content (AvgIpc) is 2.67. The number of anilines is 1. The average molecular weight is 279 g/mol. The van der Waals surface area contributed by atoms with E-state index < -0.39 is 47.0 Å². The summed E-state index contributed by atoms with van der Waals surface area (Å²) in [6.07, 6.45) is 0. The van der Waals surface area contributed by atoms with Crippen molar-refractivity contribution in [1.29, 1.82) is 5.26 Å². The largest absolute Gasteiger partial charge is 0.341 e. The summed E-state index contributed by atoms with van der Waals surface area (Å²) in [7, 11) is 0. The van der Waals surface area contributed by atoms with Gasteiger partial charge in [-0.3, -0.25) is 19.3 Å². The molecule has 8 heteroatoms. The summed E-state index contributed by atoms with van der Waals surface area (Å²) >= 11 is 0. The summed E-state index contributed by atoms with van der Waals surface area (Å²) in [5, 5.41) is 10.4. The van der Waals surface area contributed by atoms with Crippen LogP contribution in [0, 0.1) is 23.0 Å². The Morgan fingerprint density at radius 1 is 1.30 bits per heavy atom. The predicted octanol–water partition coefficient (Wildman–Crippen LogP) is 0.134. The molecule has 0 radical (unpaired) electrons. The molecule has 0 fully saturated rings. The molecule has 20 heavy (non-hydrogen) atoms. The smallest absolute Gasteiger partial charge is 0.300 e. The van der Waals surface area contributed by atoms with Gasteiger partial charge in [0.05, 0.1) is 17.3 Å². The number of carbonyl (C=O) groups is 3. The van der Waals surface area contributed by atoms with E-state index in [-0.39, 0.29) is 6.54 Å². The van der Waals surface area contributed by atoms with Crippen molar-refractivity contribution >= 4 is 23.3 Å². The molecule has 0 saturated carbocycles. The second-order valence-electron chi connectivity index (χ2n) is 3.91. The quantitative estimate of drug-likeness (QED) is 0.629. The SMILES string of the molecule is N#CCNC(=O)CN1C(=O)C(=O)c2c(F)ccc(F)c21. The molecule has 1 heterocycles. The Balaban J connectivity index is 2.36. The summed E-state index contributed by atoms with van der Waals surface area (Å²) in [6, 6.07) is 3.15. The fourth-order valence-corrected chi connectivity index (χ4v) is 1.84. The van der Waals surface area contributed by atoms with Crippen molar-refractivity contribution in [3.63, 3.8) is 0 Å². The van der Waals surface area contributed by atoms with E-state index in [1.54, 1.807) is 6.07 Å². The highest BCUT2D eigenvalue weighted by Crippen LogP contribution is 2.33. The monoisotopic (exact) mass is 279 g/mol. The van der Waals surface area contributed by atoms with Gasteiger partial charge in [0, 0.05) is 0 Å². The zero-order chi connectivity index (χ0) is 14.9. The maximum atomic E-state index is 13.7. The van der Waals surface area contributed by atoms with Crippen LogP contribution in [0.5, 0.6) is 0 Å². The molecule has 0 spiro atoms. The molecule has 0 aliphatic carbocycles. The molecule has 0 aromatic heterocycles. The Bertz CT molecular complexity index is 667. The number of ketones is 1. The molecule has 2 amide bonds. The molecule has 1 aliphatic rings. The van der Waals surface area contributed by atoms with Crippen molar-refractivity contribution in [1.82, 2.24) is 5.32 Å². The number of hydrogen-bond acceptors (Lipinski definition) is 4. The normalized spacial score (nSPS) is 13.2. The van der Waals surface area contributed by atoms with E-state index in [4.69, 9.17) is 5.26 Å². The lowest BCUT2D eigenvalue weighted by atomic mass is 10.1. The Morgan fingerprint density at radius 2 is 1.95 bits per heavy atom. The van der Waals surface area contributed by atoms with Crippen LogP contribution in [0.15, 0.2) is 12.1 Å². The second kappa shape index (κ2) is 5.05. The van der Waals surface area contributed by atoms with Crippen LogP contribution in [0.3, 0.4) is 0 Å². The van der Waals surface area contributed by atoms with Gasteiger partial charge in [-0.25, -0.2) is 8.78 Å². The van der Waals surface area contributed by atoms with E-state index in [9.17, 15) is 23.2 Å². The Morgan fingerprint density at radius 3 is 2.60 bits per heavy atom. The first kappa shape index (κ1) is 13.6. The van der Waals surface area contributed by atoms with E-state index in [1.165, 1.54) is 0 Å². The highest BCUT2D eigenvalue weighted by atomic mass is 19.1. The summed E-state index contributed by atoms with van der Waals surface area (Å²) in [4.78, 5) is 35.3. The van der Waals surface area contributed by atoms with Gasteiger partial charge < -0.3 is 5.32 Å². The molecule has 0 atom stereocenters. The van der Waals surface area contributed by atoms with Crippen LogP contribution in [0.4, 0.5) is 14.5 Å². The Hall–Kier alpha value is -2.82. The van der Waals surface area contributed by atoms with E-state index >= 15 is 0 Å². The number of carbonyl (C=O) groups excluding carboxylic acids is 3. The van der Waals surface area contributed by atoms with Crippen LogP contribution in [-0.4, -0.2) is 30.7 Å². The number of benzene rings is 1. The van der Waals surface area contributed by atoms with E-state index in [0.29, 0.717) is 4.90 Å². The number of rotatable bonds is 3. The van der Waals surface area contributed by atoms with Crippen LogP contribution >= 0.6 is 0 Å². The molecule has 0 unspecified atom stereocenters. The third kappa shape index (κ3) is 2.09. The van der Waals surface area contributed by atoms with E-state index in [0.717, 1.165) is 12.1 Å². The Labute approximate surface area is 111 Å². The van der Waals surface area contributed by atoms with Gasteiger partial charge >= 0.3 is 0 Å². The number of Topliss-reactive ketones (excluding diaryl/α,β-unsaturated/α-hetero) is 1. The standard InChI is InChI=1S/C12H7F2N3O3/c13-6-1-2-7(14)10-9(6)11(19)12(20)17(10)5-8(18)16-4-3-15/h1-2H,4-5H2,(H,16,18). The molecule has 1 aliphatic heterocycles. The van der Waals surface area contributed by atoms with Crippen molar-refractivity contribution in [3.05, 3.63) is 29.3 Å². The number of amides is 2. The van der Waals surface area contributed by atoms with Gasteiger partial charge in [0.2, 0.25) is 5.91 Å². The molecular weight excluding hydrogens is 272 g/mol. The number of fused-ring (bicyclic) bond motifs is 1. The van der Waals surface area contributed by atoms with Crippen LogP contribution in [0.2, 0.25) is 0 Å². The highest BCUT2D eigenvalue weighted by Gasteiger charge is 2.41. The van der Waals surface area contributed by atoms with Gasteiger partial charge in [0.25, 0.3) is 11.7 Å². The van der Waals surface area contributed by atoms with Crippen molar-refractivity contribution in [2.45, 2.75) is 0 Å².